The number of hydrogen-bond donors (Lipinski definition) is 3. The molecule has 0 aliphatic rings. The van der Waals surface area contributed by atoms with Gasteiger partial charge < -0.3 is 35.1 Å². The normalized spacial score (nSPS) is 11.0. The number of anilines is 4. The fraction of sp³-hybridized carbons (Fsp3) is 0.310. The highest BCUT2D eigenvalue weighted by Gasteiger charge is 2.18. The Morgan fingerprint density at radius 2 is 1.82 bits per heavy atom. The van der Waals surface area contributed by atoms with Crippen molar-refractivity contribution >= 4 is 45.7 Å². The number of hydrogen-bond acceptors (Lipinski definition) is 8. The molecule has 0 saturated carbocycles. The highest BCUT2D eigenvalue weighted by molar-refractivity contribution is 5.99. The number of nitrogens with zero attached hydrogens (tertiary/aromatic N) is 5. The number of aryl methyl sites for hydroxylation is 1. The van der Waals surface area contributed by atoms with Gasteiger partial charge in [-0.25, -0.2) is 9.97 Å². The molecule has 0 atom stereocenters. The molecule has 4 aromatic rings. The fourth-order valence-electron chi connectivity index (χ4n) is 4.36. The molecule has 0 spiro atoms. The Hall–Kier alpha value is -4.64. The number of amides is 2. The molecule has 0 aliphatic carbocycles. The summed E-state index contributed by atoms with van der Waals surface area (Å²) in [6.07, 6.45) is 3.76. The van der Waals surface area contributed by atoms with Crippen LogP contribution in [0.1, 0.15) is 6.92 Å². The van der Waals surface area contributed by atoms with Crippen molar-refractivity contribution in [3.05, 3.63) is 54.9 Å². The first-order valence-electron chi connectivity index (χ1n) is 12.9. The molecule has 2 amide bonds. The second-order valence-electron chi connectivity index (χ2n) is 9.81. The molecule has 40 heavy (non-hydrogen) atoms. The van der Waals surface area contributed by atoms with Crippen molar-refractivity contribution in [2.75, 3.05) is 63.4 Å². The zero-order valence-electron chi connectivity index (χ0n) is 23.8. The van der Waals surface area contributed by atoms with E-state index < -0.39 is 0 Å². The van der Waals surface area contributed by atoms with Crippen LogP contribution in [0.15, 0.2) is 54.9 Å². The summed E-state index contributed by atoms with van der Waals surface area (Å²) in [4.78, 5) is 37.3. The lowest BCUT2D eigenvalue weighted by molar-refractivity contribution is -0.122. The smallest absolute Gasteiger partial charge is 0.243 e. The van der Waals surface area contributed by atoms with Crippen molar-refractivity contribution in [1.29, 1.82) is 0 Å². The topological polar surface area (TPSA) is 117 Å². The molecule has 0 radical (unpaired) electrons. The van der Waals surface area contributed by atoms with E-state index in [1.807, 2.05) is 57.4 Å². The molecule has 11 nitrogen and oxygen atoms in total. The third-order valence-corrected chi connectivity index (χ3v) is 6.46. The minimum Gasteiger partial charge on any atom is -0.494 e. The maximum Gasteiger partial charge on any atom is 0.243 e. The number of likely N-dealkylation sites (N-methyl/N-ethyl adjacent to an activating group) is 2. The van der Waals surface area contributed by atoms with Crippen LogP contribution in [0.5, 0.6) is 5.75 Å². The Morgan fingerprint density at radius 3 is 2.55 bits per heavy atom. The van der Waals surface area contributed by atoms with Crippen LogP contribution in [0.3, 0.4) is 0 Å². The number of para-hydroxylation sites is 1. The molecule has 3 N–H and O–H groups in total. The van der Waals surface area contributed by atoms with E-state index in [1.165, 1.54) is 6.92 Å². The van der Waals surface area contributed by atoms with Gasteiger partial charge in [0.05, 0.1) is 36.4 Å². The van der Waals surface area contributed by atoms with Crippen molar-refractivity contribution in [1.82, 2.24) is 24.8 Å². The molecule has 2 aromatic carbocycles. The van der Waals surface area contributed by atoms with Crippen LogP contribution < -0.4 is 25.6 Å². The van der Waals surface area contributed by atoms with E-state index in [9.17, 15) is 9.59 Å². The first-order valence-corrected chi connectivity index (χ1v) is 12.9. The molecular weight excluding hydrogens is 508 g/mol. The van der Waals surface area contributed by atoms with Crippen LogP contribution in [0.4, 0.5) is 23.0 Å². The summed E-state index contributed by atoms with van der Waals surface area (Å²) >= 11 is 0. The summed E-state index contributed by atoms with van der Waals surface area (Å²) in [7, 11) is 9.56. The zero-order valence-corrected chi connectivity index (χ0v) is 23.8. The highest BCUT2D eigenvalue weighted by Crippen LogP contribution is 2.38. The van der Waals surface area contributed by atoms with E-state index in [1.54, 1.807) is 19.4 Å². The minimum atomic E-state index is -0.345. The van der Waals surface area contributed by atoms with Gasteiger partial charge in [-0.3, -0.25) is 9.59 Å². The predicted molar refractivity (Wildman–Crippen MR) is 159 cm³/mol. The predicted octanol–water partition coefficient (Wildman–Crippen LogP) is 3.46. The van der Waals surface area contributed by atoms with Gasteiger partial charge in [0.1, 0.15) is 5.75 Å². The second kappa shape index (κ2) is 12.5. The lowest BCUT2D eigenvalue weighted by Gasteiger charge is -2.26. The summed E-state index contributed by atoms with van der Waals surface area (Å²) < 4.78 is 7.79. The largest absolute Gasteiger partial charge is 0.494 e. The summed E-state index contributed by atoms with van der Waals surface area (Å²) in [5.41, 5.74) is 4.80. The van der Waals surface area contributed by atoms with Crippen molar-refractivity contribution in [3.63, 3.8) is 0 Å². The quantitative estimate of drug-likeness (QED) is 0.263. The average Bonchev–Trinajstić information content (AvgIpc) is 3.27. The third-order valence-electron chi connectivity index (χ3n) is 6.46. The number of fused-ring (bicyclic) bond motifs is 1. The van der Waals surface area contributed by atoms with E-state index in [0.717, 1.165) is 34.4 Å². The number of rotatable bonds is 11. The summed E-state index contributed by atoms with van der Waals surface area (Å²) in [5.74, 6) is 0.320. The van der Waals surface area contributed by atoms with Crippen molar-refractivity contribution < 1.29 is 14.3 Å². The van der Waals surface area contributed by atoms with Crippen LogP contribution in [0.25, 0.3) is 22.2 Å². The van der Waals surface area contributed by atoms with Gasteiger partial charge >= 0.3 is 0 Å². The third kappa shape index (κ3) is 6.67. The number of carbonyl (C=O) groups excluding carboxylic acids is 2. The van der Waals surface area contributed by atoms with Crippen molar-refractivity contribution in [2.24, 2.45) is 7.05 Å². The van der Waals surface area contributed by atoms with E-state index in [0.29, 0.717) is 29.6 Å². The van der Waals surface area contributed by atoms with Crippen molar-refractivity contribution in [3.8, 4) is 17.0 Å². The molecular formula is C29H36N8O3. The number of carbonyl (C=O) groups is 2. The second-order valence-corrected chi connectivity index (χ2v) is 9.81. The maximum absolute atomic E-state index is 12.7. The van der Waals surface area contributed by atoms with Gasteiger partial charge in [-0.05, 0) is 32.3 Å². The summed E-state index contributed by atoms with van der Waals surface area (Å²) in [6, 6.07) is 13.7. The van der Waals surface area contributed by atoms with Gasteiger partial charge in [-0.1, -0.05) is 18.2 Å². The Labute approximate surface area is 234 Å². The minimum absolute atomic E-state index is 0.138. The van der Waals surface area contributed by atoms with Gasteiger partial charge in [-0.2, -0.15) is 0 Å². The summed E-state index contributed by atoms with van der Waals surface area (Å²) in [6.45, 7) is 2.76. The average molecular weight is 545 g/mol. The lowest BCUT2D eigenvalue weighted by atomic mass is 10.1. The first-order chi connectivity index (χ1) is 19.2. The SMILES string of the molecule is COc1cc(N(C)CCN(C)C)c(NC(=O)CNC(C)=O)cc1Nc1nccc(-c2cn(C)c3ccccc23)n1. The molecule has 0 aliphatic heterocycles. The van der Waals surface area contributed by atoms with Crippen LogP contribution in [-0.2, 0) is 16.6 Å². The number of nitrogens with one attached hydrogen (secondary N) is 3. The molecule has 0 fully saturated rings. The highest BCUT2D eigenvalue weighted by atomic mass is 16.5. The monoisotopic (exact) mass is 544 g/mol. The number of methoxy groups -OCH3 is 1. The molecule has 0 unspecified atom stereocenters. The molecule has 2 heterocycles. The van der Waals surface area contributed by atoms with Crippen LogP contribution in [0, 0.1) is 0 Å². The summed E-state index contributed by atoms with van der Waals surface area (Å²) in [5, 5.41) is 9.82. The van der Waals surface area contributed by atoms with Gasteiger partial charge in [0.25, 0.3) is 0 Å². The van der Waals surface area contributed by atoms with E-state index >= 15 is 0 Å². The molecule has 11 heteroatoms. The number of ether oxygens (including phenoxy) is 1. The molecule has 0 saturated heterocycles. The van der Waals surface area contributed by atoms with E-state index in [2.05, 4.69) is 48.7 Å². The molecule has 0 bridgehead atoms. The standard InChI is InChI=1S/C29H36N8O3/c1-19(38)31-17-28(39)32-23-15-24(27(40-6)16-26(23)36(4)14-13-35(2)3)34-29-30-12-11-22(33-29)21-18-37(5)25-10-8-7-9-20(21)25/h7-12,15-16,18H,13-14,17H2,1-6H3,(H,31,38)(H,32,39)(H,30,33,34). The van der Waals surface area contributed by atoms with Gasteiger partial charge in [0.2, 0.25) is 17.8 Å². The van der Waals surface area contributed by atoms with Crippen LogP contribution >= 0.6 is 0 Å². The Kier molecular flexibility index (Phi) is 8.85. The Balaban J connectivity index is 1.69. The Morgan fingerprint density at radius 1 is 1.05 bits per heavy atom. The van der Waals surface area contributed by atoms with Crippen molar-refractivity contribution in [2.45, 2.75) is 6.92 Å². The van der Waals surface area contributed by atoms with Gasteiger partial charge in [-0.15, -0.1) is 0 Å². The first kappa shape index (κ1) is 28.4. The van der Waals surface area contributed by atoms with Crippen LogP contribution in [-0.4, -0.2) is 79.1 Å². The maximum atomic E-state index is 12.7. The molecule has 4 rings (SSSR count). The number of aromatic nitrogens is 3. The fourth-order valence-corrected chi connectivity index (χ4v) is 4.36. The lowest BCUT2D eigenvalue weighted by Crippen LogP contribution is -2.32. The van der Waals surface area contributed by atoms with Gasteiger partial charge in [0, 0.05) is 69.0 Å². The van der Waals surface area contributed by atoms with E-state index in [-0.39, 0.29) is 18.4 Å². The zero-order chi connectivity index (χ0) is 28.8. The Bertz CT molecular complexity index is 1510. The van der Waals surface area contributed by atoms with Gasteiger partial charge in [0.15, 0.2) is 0 Å². The number of benzene rings is 2. The van der Waals surface area contributed by atoms with Crippen LogP contribution in [0.2, 0.25) is 0 Å². The molecule has 210 valence electrons. The molecule has 2 aromatic heterocycles. The van der Waals surface area contributed by atoms with E-state index in [4.69, 9.17) is 9.72 Å².